The van der Waals surface area contributed by atoms with Gasteiger partial charge in [-0.1, -0.05) is 37.3 Å². The molecule has 1 saturated heterocycles. The predicted octanol–water partition coefficient (Wildman–Crippen LogP) is 4.34. The minimum Gasteiger partial charge on any atom is -0.496 e. The Bertz CT molecular complexity index is 679. The predicted molar refractivity (Wildman–Crippen MR) is 107 cm³/mol. The van der Waals surface area contributed by atoms with Gasteiger partial charge in [0.1, 0.15) is 5.75 Å². The zero-order valence-corrected chi connectivity index (χ0v) is 16.8. The standard InChI is InChI=1S/C21H27BrN2O/c1-3-17-4-6-18(7-5-17)15-23-10-12-24(13-11-23)16-19-8-9-21(25-2)20(22)14-19/h4-9,14H,3,10-13,15-16H2,1-2H3. The van der Waals surface area contributed by atoms with Crippen molar-refractivity contribution < 1.29 is 4.74 Å². The molecule has 0 unspecified atom stereocenters. The quantitative estimate of drug-likeness (QED) is 0.714. The molecule has 3 rings (SSSR count). The van der Waals surface area contributed by atoms with Gasteiger partial charge >= 0.3 is 0 Å². The third-order valence-electron chi connectivity index (χ3n) is 4.92. The van der Waals surface area contributed by atoms with Crippen LogP contribution in [0.15, 0.2) is 46.9 Å². The van der Waals surface area contributed by atoms with E-state index < -0.39 is 0 Å². The van der Waals surface area contributed by atoms with Crippen molar-refractivity contribution in [2.75, 3.05) is 33.3 Å². The fraction of sp³-hybridized carbons (Fsp3) is 0.429. The first kappa shape index (κ1) is 18.4. The largest absolute Gasteiger partial charge is 0.496 e. The van der Waals surface area contributed by atoms with Crippen molar-refractivity contribution in [3.63, 3.8) is 0 Å². The van der Waals surface area contributed by atoms with Crippen LogP contribution >= 0.6 is 15.9 Å². The Morgan fingerprint density at radius 2 is 1.36 bits per heavy atom. The minimum atomic E-state index is 0.891. The summed E-state index contributed by atoms with van der Waals surface area (Å²) < 4.78 is 6.34. The molecule has 1 fully saturated rings. The molecule has 0 aliphatic carbocycles. The molecule has 0 spiro atoms. The summed E-state index contributed by atoms with van der Waals surface area (Å²) in [6, 6.07) is 15.4. The number of rotatable bonds is 6. The zero-order chi connectivity index (χ0) is 17.6. The van der Waals surface area contributed by atoms with Crippen molar-refractivity contribution in [2.45, 2.75) is 26.4 Å². The summed E-state index contributed by atoms with van der Waals surface area (Å²) in [5, 5.41) is 0. The summed E-state index contributed by atoms with van der Waals surface area (Å²) in [6.45, 7) is 8.77. The zero-order valence-electron chi connectivity index (χ0n) is 15.2. The molecule has 2 aromatic carbocycles. The molecule has 25 heavy (non-hydrogen) atoms. The highest BCUT2D eigenvalue weighted by Gasteiger charge is 2.17. The van der Waals surface area contributed by atoms with Gasteiger partial charge in [0.05, 0.1) is 11.6 Å². The van der Waals surface area contributed by atoms with Gasteiger partial charge < -0.3 is 4.74 Å². The molecular formula is C21H27BrN2O. The lowest BCUT2D eigenvalue weighted by molar-refractivity contribution is 0.122. The highest BCUT2D eigenvalue weighted by molar-refractivity contribution is 9.10. The second-order valence-electron chi connectivity index (χ2n) is 6.69. The first-order valence-corrected chi connectivity index (χ1v) is 9.82. The van der Waals surface area contributed by atoms with Crippen LogP contribution in [0, 0.1) is 0 Å². The highest BCUT2D eigenvalue weighted by Crippen LogP contribution is 2.26. The Morgan fingerprint density at radius 1 is 0.840 bits per heavy atom. The van der Waals surface area contributed by atoms with Gasteiger partial charge in [0.15, 0.2) is 0 Å². The summed E-state index contributed by atoms with van der Waals surface area (Å²) >= 11 is 3.58. The lowest BCUT2D eigenvalue weighted by atomic mass is 10.1. The molecule has 0 amide bonds. The summed E-state index contributed by atoms with van der Waals surface area (Å²) in [5.41, 5.74) is 4.17. The van der Waals surface area contributed by atoms with Gasteiger partial charge in [0.2, 0.25) is 0 Å². The van der Waals surface area contributed by atoms with E-state index in [0.717, 1.165) is 55.9 Å². The van der Waals surface area contributed by atoms with Crippen molar-refractivity contribution >= 4 is 15.9 Å². The van der Waals surface area contributed by atoms with E-state index in [-0.39, 0.29) is 0 Å². The van der Waals surface area contributed by atoms with Crippen molar-refractivity contribution in [2.24, 2.45) is 0 Å². The molecule has 4 heteroatoms. The van der Waals surface area contributed by atoms with E-state index in [1.807, 2.05) is 6.07 Å². The molecule has 0 N–H and O–H groups in total. The number of hydrogen-bond donors (Lipinski definition) is 0. The summed E-state index contributed by atoms with van der Waals surface area (Å²) in [5.74, 6) is 0.891. The fourth-order valence-electron chi connectivity index (χ4n) is 3.31. The van der Waals surface area contributed by atoms with E-state index in [9.17, 15) is 0 Å². The van der Waals surface area contributed by atoms with E-state index in [0.29, 0.717) is 0 Å². The Hall–Kier alpha value is -1.36. The number of ether oxygens (including phenoxy) is 1. The molecule has 3 nitrogen and oxygen atoms in total. The van der Waals surface area contributed by atoms with Crippen LogP contribution < -0.4 is 4.74 Å². The second kappa shape index (κ2) is 8.84. The van der Waals surface area contributed by atoms with Crippen LogP contribution in [0.5, 0.6) is 5.75 Å². The molecule has 0 radical (unpaired) electrons. The van der Waals surface area contributed by atoms with Gasteiger partial charge in [-0.15, -0.1) is 0 Å². The van der Waals surface area contributed by atoms with Crippen molar-refractivity contribution in [3.8, 4) is 5.75 Å². The van der Waals surface area contributed by atoms with Crippen LogP contribution in [0.25, 0.3) is 0 Å². The molecular weight excluding hydrogens is 376 g/mol. The SMILES string of the molecule is CCc1ccc(CN2CCN(Cc3ccc(OC)c(Br)c3)CC2)cc1. The number of benzene rings is 2. The molecule has 1 aliphatic heterocycles. The molecule has 134 valence electrons. The maximum absolute atomic E-state index is 5.31. The van der Waals surface area contributed by atoms with Crippen LogP contribution in [-0.4, -0.2) is 43.1 Å². The van der Waals surface area contributed by atoms with Gasteiger partial charge in [-0.05, 0) is 51.2 Å². The molecule has 0 bridgehead atoms. The summed E-state index contributed by atoms with van der Waals surface area (Å²) in [6.07, 6.45) is 1.11. The Kier molecular flexibility index (Phi) is 6.51. The van der Waals surface area contributed by atoms with Gasteiger partial charge in [0, 0.05) is 39.3 Å². The average molecular weight is 403 g/mol. The van der Waals surface area contributed by atoms with Crippen molar-refractivity contribution in [1.82, 2.24) is 9.80 Å². The lowest BCUT2D eigenvalue weighted by Gasteiger charge is -2.34. The van der Waals surface area contributed by atoms with Crippen LogP contribution in [0.4, 0.5) is 0 Å². The van der Waals surface area contributed by atoms with Gasteiger partial charge in [-0.2, -0.15) is 0 Å². The average Bonchev–Trinajstić information content (AvgIpc) is 2.64. The number of nitrogens with zero attached hydrogens (tertiary/aromatic N) is 2. The second-order valence-corrected chi connectivity index (χ2v) is 7.55. The fourth-order valence-corrected chi connectivity index (χ4v) is 3.90. The normalized spacial score (nSPS) is 16.1. The first-order valence-electron chi connectivity index (χ1n) is 9.03. The van der Waals surface area contributed by atoms with Gasteiger partial charge in [-0.3, -0.25) is 9.80 Å². The molecule has 1 aliphatic rings. The highest BCUT2D eigenvalue weighted by atomic mass is 79.9. The van der Waals surface area contributed by atoms with Crippen molar-refractivity contribution in [3.05, 3.63) is 63.6 Å². The number of piperazine rings is 1. The molecule has 0 atom stereocenters. The number of halogens is 1. The number of hydrogen-bond acceptors (Lipinski definition) is 3. The maximum atomic E-state index is 5.31. The minimum absolute atomic E-state index is 0.891. The summed E-state index contributed by atoms with van der Waals surface area (Å²) in [4.78, 5) is 5.09. The molecule has 0 saturated carbocycles. The molecule has 1 heterocycles. The number of methoxy groups -OCH3 is 1. The number of aryl methyl sites for hydroxylation is 1. The molecule has 2 aromatic rings. The van der Waals surface area contributed by atoms with Crippen LogP contribution in [0.3, 0.4) is 0 Å². The topological polar surface area (TPSA) is 15.7 Å². The van der Waals surface area contributed by atoms with Crippen LogP contribution in [0.1, 0.15) is 23.6 Å². The van der Waals surface area contributed by atoms with E-state index in [4.69, 9.17) is 4.74 Å². The Morgan fingerprint density at radius 3 is 1.88 bits per heavy atom. The molecule has 0 aromatic heterocycles. The lowest BCUT2D eigenvalue weighted by Crippen LogP contribution is -2.45. The summed E-state index contributed by atoms with van der Waals surface area (Å²) in [7, 11) is 1.70. The van der Waals surface area contributed by atoms with Crippen molar-refractivity contribution in [1.29, 1.82) is 0 Å². The van der Waals surface area contributed by atoms with Gasteiger partial charge in [0.25, 0.3) is 0 Å². The van der Waals surface area contributed by atoms with E-state index in [2.05, 4.69) is 69.1 Å². The van der Waals surface area contributed by atoms with Crippen LogP contribution in [-0.2, 0) is 19.5 Å². The monoisotopic (exact) mass is 402 g/mol. The van der Waals surface area contributed by atoms with Crippen LogP contribution in [0.2, 0.25) is 0 Å². The Balaban J connectivity index is 1.48. The smallest absolute Gasteiger partial charge is 0.133 e. The van der Waals surface area contributed by atoms with E-state index in [1.54, 1.807) is 7.11 Å². The third-order valence-corrected chi connectivity index (χ3v) is 5.54. The van der Waals surface area contributed by atoms with E-state index in [1.165, 1.54) is 16.7 Å². The first-order chi connectivity index (χ1) is 12.2. The third kappa shape index (κ3) is 5.06. The Labute approximate surface area is 159 Å². The van der Waals surface area contributed by atoms with Gasteiger partial charge in [-0.25, -0.2) is 0 Å². The maximum Gasteiger partial charge on any atom is 0.133 e. The van der Waals surface area contributed by atoms with E-state index >= 15 is 0 Å².